The first-order valence-electron chi connectivity index (χ1n) is 10.00. The van der Waals surface area contributed by atoms with Gasteiger partial charge in [-0.25, -0.2) is 9.18 Å². The molecule has 1 aromatic heterocycles. The van der Waals surface area contributed by atoms with Gasteiger partial charge in [0.15, 0.2) is 0 Å². The quantitative estimate of drug-likeness (QED) is 0.573. The lowest BCUT2D eigenvalue weighted by Gasteiger charge is -2.22. The molecule has 0 aliphatic rings. The normalized spacial score (nSPS) is 10.6. The number of nitrogens with zero attached hydrogens (tertiary/aromatic N) is 3. The Morgan fingerprint density at radius 3 is 2.63 bits per heavy atom. The van der Waals surface area contributed by atoms with E-state index in [0.29, 0.717) is 32.0 Å². The Labute approximate surface area is 176 Å². The Hall–Kier alpha value is -3.35. The number of carbonyl (C=O) groups excluding carboxylic acids is 1. The van der Waals surface area contributed by atoms with E-state index in [1.165, 1.54) is 12.1 Å². The topological polar surface area (TPSA) is 59.4 Å². The minimum Gasteiger partial charge on any atom is -0.489 e. The molecule has 1 heterocycles. The molecule has 3 aromatic rings. The van der Waals surface area contributed by atoms with Crippen LogP contribution in [0.2, 0.25) is 0 Å². The van der Waals surface area contributed by atoms with E-state index in [-0.39, 0.29) is 11.8 Å². The van der Waals surface area contributed by atoms with Gasteiger partial charge in [0.05, 0.1) is 12.7 Å². The van der Waals surface area contributed by atoms with Gasteiger partial charge in [-0.1, -0.05) is 31.2 Å². The van der Waals surface area contributed by atoms with Gasteiger partial charge < -0.3 is 15.0 Å². The maximum Gasteiger partial charge on any atom is 0.317 e. The summed E-state index contributed by atoms with van der Waals surface area (Å²) in [5, 5.41) is 7.13. The minimum absolute atomic E-state index is 0.105. The number of halogens is 1. The Morgan fingerprint density at radius 2 is 1.97 bits per heavy atom. The number of nitrogens with one attached hydrogen (secondary N) is 1. The predicted molar refractivity (Wildman–Crippen MR) is 113 cm³/mol. The van der Waals surface area contributed by atoms with Crippen LogP contribution in [0.25, 0.3) is 0 Å². The van der Waals surface area contributed by atoms with E-state index in [1.807, 2.05) is 50.5 Å². The summed E-state index contributed by atoms with van der Waals surface area (Å²) in [4.78, 5) is 14.4. The van der Waals surface area contributed by atoms with Crippen LogP contribution in [0.15, 0.2) is 60.9 Å². The highest BCUT2D eigenvalue weighted by atomic mass is 19.1. The average Bonchev–Trinajstić information content (AvgIpc) is 3.15. The van der Waals surface area contributed by atoms with Crippen LogP contribution in [0.3, 0.4) is 0 Å². The maximum atomic E-state index is 13.2. The van der Waals surface area contributed by atoms with Gasteiger partial charge in [-0.15, -0.1) is 0 Å². The van der Waals surface area contributed by atoms with Crippen LogP contribution in [0.4, 0.5) is 9.18 Å². The SMILES string of the molecule is CCCN(Cc1cnn(C)c1)C(=O)NCc1ccc(OCc2cccc(F)c2)cc1. The number of benzene rings is 2. The molecular weight excluding hydrogens is 383 g/mol. The first kappa shape index (κ1) is 21.4. The lowest BCUT2D eigenvalue weighted by atomic mass is 10.2. The molecule has 0 unspecified atom stereocenters. The third-order valence-electron chi connectivity index (χ3n) is 4.57. The molecule has 2 amide bonds. The Kier molecular flexibility index (Phi) is 7.43. The molecule has 1 N–H and O–H groups in total. The van der Waals surface area contributed by atoms with Gasteiger partial charge in [0, 0.05) is 31.9 Å². The minimum atomic E-state index is -0.275. The summed E-state index contributed by atoms with van der Waals surface area (Å²) >= 11 is 0. The van der Waals surface area contributed by atoms with E-state index in [1.54, 1.807) is 21.8 Å². The smallest absolute Gasteiger partial charge is 0.317 e. The van der Waals surface area contributed by atoms with Crippen LogP contribution in [0.5, 0.6) is 5.75 Å². The van der Waals surface area contributed by atoms with E-state index in [9.17, 15) is 9.18 Å². The number of ether oxygens (including phenoxy) is 1. The molecule has 0 saturated heterocycles. The molecular formula is C23H27FN4O2. The van der Waals surface area contributed by atoms with Crippen LogP contribution in [0.1, 0.15) is 30.0 Å². The van der Waals surface area contributed by atoms with Crippen molar-refractivity contribution in [3.8, 4) is 5.75 Å². The zero-order valence-corrected chi connectivity index (χ0v) is 17.3. The molecule has 3 rings (SSSR count). The summed E-state index contributed by atoms with van der Waals surface area (Å²) in [5.74, 6) is 0.418. The molecule has 30 heavy (non-hydrogen) atoms. The monoisotopic (exact) mass is 410 g/mol. The Bertz CT molecular complexity index is 956. The molecule has 0 aliphatic heterocycles. The van der Waals surface area contributed by atoms with Crippen molar-refractivity contribution < 1.29 is 13.9 Å². The summed E-state index contributed by atoms with van der Waals surface area (Å²) < 4.78 is 20.7. The summed E-state index contributed by atoms with van der Waals surface area (Å²) in [5.41, 5.74) is 2.75. The first-order valence-corrected chi connectivity index (χ1v) is 10.00. The van der Waals surface area contributed by atoms with Crippen molar-refractivity contribution in [1.29, 1.82) is 0 Å². The lowest BCUT2D eigenvalue weighted by molar-refractivity contribution is 0.194. The standard InChI is InChI=1S/C23H27FN4O2/c1-3-11-28(16-20-14-26-27(2)15-20)23(29)25-13-18-7-9-22(10-8-18)30-17-19-5-4-6-21(24)12-19/h4-10,12,14-15H,3,11,13,16-17H2,1-2H3,(H,25,29). The van der Waals surface area contributed by atoms with E-state index in [2.05, 4.69) is 10.4 Å². The van der Waals surface area contributed by atoms with Crippen LogP contribution in [0, 0.1) is 5.82 Å². The summed E-state index contributed by atoms with van der Waals surface area (Å²) in [6.45, 7) is 3.98. The molecule has 6 nitrogen and oxygen atoms in total. The molecule has 158 valence electrons. The van der Waals surface area contributed by atoms with Crippen LogP contribution in [-0.2, 0) is 26.7 Å². The van der Waals surface area contributed by atoms with Crippen LogP contribution >= 0.6 is 0 Å². The Balaban J connectivity index is 1.49. The number of aromatic nitrogens is 2. The van der Waals surface area contributed by atoms with Gasteiger partial charge in [-0.3, -0.25) is 4.68 Å². The van der Waals surface area contributed by atoms with Gasteiger partial charge in [-0.05, 0) is 41.8 Å². The third kappa shape index (κ3) is 6.34. The summed E-state index contributed by atoms with van der Waals surface area (Å²) in [6.07, 6.45) is 4.57. The van der Waals surface area contributed by atoms with E-state index >= 15 is 0 Å². The van der Waals surface area contributed by atoms with Gasteiger partial charge in [-0.2, -0.15) is 5.10 Å². The Morgan fingerprint density at radius 1 is 1.17 bits per heavy atom. The third-order valence-corrected chi connectivity index (χ3v) is 4.57. The zero-order chi connectivity index (χ0) is 21.3. The van der Waals surface area contributed by atoms with E-state index in [0.717, 1.165) is 23.1 Å². The zero-order valence-electron chi connectivity index (χ0n) is 17.3. The molecule has 0 atom stereocenters. The molecule has 7 heteroatoms. The van der Waals surface area contributed by atoms with E-state index in [4.69, 9.17) is 4.74 Å². The number of aryl methyl sites for hydroxylation is 1. The van der Waals surface area contributed by atoms with Crippen molar-refractivity contribution in [2.45, 2.75) is 33.0 Å². The van der Waals surface area contributed by atoms with Gasteiger partial charge in [0.25, 0.3) is 0 Å². The van der Waals surface area contributed by atoms with Crippen molar-refractivity contribution in [3.63, 3.8) is 0 Å². The molecule has 0 fully saturated rings. The van der Waals surface area contributed by atoms with Crippen LogP contribution in [-0.4, -0.2) is 27.3 Å². The number of carbonyl (C=O) groups is 1. The second kappa shape index (κ2) is 10.4. The molecule has 0 saturated carbocycles. The highest BCUT2D eigenvalue weighted by Crippen LogP contribution is 2.15. The lowest BCUT2D eigenvalue weighted by Crippen LogP contribution is -2.39. The fourth-order valence-corrected chi connectivity index (χ4v) is 3.08. The number of hydrogen-bond acceptors (Lipinski definition) is 3. The number of rotatable bonds is 9. The highest BCUT2D eigenvalue weighted by molar-refractivity contribution is 5.74. The van der Waals surface area contributed by atoms with Crippen molar-refractivity contribution in [1.82, 2.24) is 20.0 Å². The summed E-state index contributed by atoms with van der Waals surface area (Å²) in [7, 11) is 1.86. The van der Waals surface area contributed by atoms with Gasteiger partial charge in [0.2, 0.25) is 0 Å². The first-order chi connectivity index (χ1) is 14.5. The van der Waals surface area contributed by atoms with Gasteiger partial charge in [0.1, 0.15) is 18.2 Å². The molecule has 2 aromatic carbocycles. The molecule has 0 aliphatic carbocycles. The number of amides is 2. The number of urea groups is 1. The largest absolute Gasteiger partial charge is 0.489 e. The van der Waals surface area contributed by atoms with Crippen molar-refractivity contribution in [2.24, 2.45) is 7.05 Å². The second-order valence-electron chi connectivity index (χ2n) is 7.17. The average molecular weight is 410 g/mol. The molecule has 0 radical (unpaired) electrons. The molecule has 0 bridgehead atoms. The van der Waals surface area contributed by atoms with Crippen molar-refractivity contribution in [3.05, 3.63) is 83.4 Å². The highest BCUT2D eigenvalue weighted by Gasteiger charge is 2.13. The summed E-state index contributed by atoms with van der Waals surface area (Å²) in [6, 6.07) is 13.8. The molecule has 0 spiro atoms. The van der Waals surface area contributed by atoms with Gasteiger partial charge >= 0.3 is 6.03 Å². The van der Waals surface area contributed by atoms with Crippen molar-refractivity contribution >= 4 is 6.03 Å². The maximum absolute atomic E-state index is 13.2. The van der Waals surface area contributed by atoms with E-state index < -0.39 is 0 Å². The fourth-order valence-electron chi connectivity index (χ4n) is 3.08. The van der Waals surface area contributed by atoms with Crippen molar-refractivity contribution in [2.75, 3.05) is 6.54 Å². The second-order valence-corrected chi connectivity index (χ2v) is 7.17. The number of hydrogen-bond donors (Lipinski definition) is 1. The van der Waals surface area contributed by atoms with Crippen LogP contribution < -0.4 is 10.1 Å². The predicted octanol–water partition coefficient (Wildman–Crippen LogP) is 4.26. The fraction of sp³-hybridized carbons (Fsp3) is 0.304.